The van der Waals surface area contributed by atoms with Crippen LogP contribution in [-0.2, 0) is 11.3 Å². The largest absolute Gasteiger partial charge is 0.396 e. The van der Waals surface area contributed by atoms with Crippen molar-refractivity contribution in [1.29, 1.82) is 0 Å². The van der Waals surface area contributed by atoms with Gasteiger partial charge in [0.15, 0.2) is 0 Å². The molecule has 1 amide bonds. The normalized spacial score (nSPS) is 10.5. The van der Waals surface area contributed by atoms with Crippen LogP contribution in [0.5, 0.6) is 0 Å². The third-order valence-electron chi connectivity index (χ3n) is 2.60. The second-order valence-electron chi connectivity index (χ2n) is 3.64. The van der Waals surface area contributed by atoms with Gasteiger partial charge in [-0.3, -0.25) is 9.48 Å². The SMILES string of the molecule is CCN(CCOC)C(=O)c1c(N)cnn1CC. The minimum atomic E-state index is -0.0959. The van der Waals surface area contributed by atoms with E-state index >= 15 is 0 Å². The lowest BCUT2D eigenvalue weighted by atomic mass is 10.3. The molecule has 0 fully saturated rings. The highest BCUT2D eigenvalue weighted by molar-refractivity contribution is 5.97. The Morgan fingerprint density at radius 1 is 1.59 bits per heavy atom. The standard InChI is InChI=1S/C11H20N4O2/c1-4-14(6-7-17-3)11(16)10-9(12)8-13-15(10)5-2/h8H,4-7,12H2,1-3H3. The predicted molar refractivity (Wildman–Crippen MR) is 65.8 cm³/mol. The molecule has 0 aliphatic heterocycles. The van der Waals surface area contributed by atoms with E-state index in [1.165, 1.54) is 6.20 Å². The molecule has 1 aromatic heterocycles. The van der Waals surface area contributed by atoms with Crippen LogP contribution in [0.4, 0.5) is 5.69 Å². The van der Waals surface area contributed by atoms with Crippen molar-refractivity contribution in [3.63, 3.8) is 0 Å². The smallest absolute Gasteiger partial charge is 0.274 e. The number of hydrogen-bond acceptors (Lipinski definition) is 4. The number of ether oxygens (including phenoxy) is 1. The van der Waals surface area contributed by atoms with Crippen molar-refractivity contribution < 1.29 is 9.53 Å². The number of nitrogens with two attached hydrogens (primary N) is 1. The summed E-state index contributed by atoms with van der Waals surface area (Å²) < 4.78 is 6.60. The lowest BCUT2D eigenvalue weighted by Gasteiger charge is -2.21. The van der Waals surface area contributed by atoms with Crippen LogP contribution in [0.25, 0.3) is 0 Å². The van der Waals surface area contributed by atoms with E-state index in [1.807, 2.05) is 13.8 Å². The first-order valence-corrected chi connectivity index (χ1v) is 5.75. The third-order valence-corrected chi connectivity index (χ3v) is 2.60. The zero-order valence-electron chi connectivity index (χ0n) is 10.6. The Bertz CT molecular complexity index is 376. The Kier molecular flexibility index (Phi) is 4.96. The van der Waals surface area contributed by atoms with Crippen molar-refractivity contribution in [2.24, 2.45) is 0 Å². The maximum absolute atomic E-state index is 12.3. The van der Waals surface area contributed by atoms with Gasteiger partial charge in [-0.1, -0.05) is 0 Å². The molecule has 0 aliphatic rings. The molecule has 0 atom stereocenters. The molecule has 0 aliphatic carbocycles. The molecular formula is C11H20N4O2. The zero-order valence-corrected chi connectivity index (χ0v) is 10.6. The van der Waals surface area contributed by atoms with E-state index in [2.05, 4.69) is 5.10 Å². The van der Waals surface area contributed by atoms with Gasteiger partial charge in [-0.15, -0.1) is 0 Å². The maximum Gasteiger partial charge on any atom is 0.274 e. The number of nitrogens with zero attached hydrogens (tertiary/aromatic N) is 3. The number of aromatic nitrogens is 2. The number of carbonyl (C=O) groups excluding carboxylic acids is 1. The molecule has 17 heavy (non-hydrogen) atoms. The number of hydrogen-bond donors (Lipinski definition) is 1. The summed E-state index contributed by atoms with van der Waals surface area (Å²) in [6, 6.07) is 0. The summed E-state index contributed by atoms with van der Waals surface area (Å²) in [5.41, 5.74) is 6.66. The first-order chi connectivity index (χ1) is 8.15. The lowest BCUT2D eigenvalue weighted by Crippen LogP contribution is -2.35. The molecule has 6 nitrogen and oxygen atoms in total. The van der Waals surface area contributed by atoms with Crippen molar-refractivity contribution >= 4 is 11.6 Å². The van der Waals surface area contributed by atoms with E-state index in [-0.39, 0.29) is 5.91 Å². The van der Waals surface area contributed by atoms with E-state index < -0.39 is 0 Å². The van der Waals surface area contributed by atoms with Gasteiger partial charge in [0.05, 0.1) is 18.5 Å². The summed E-state index contributed by atoms with van der Waals surface area (Å²) in [5, 5.41) is 4.07. The van der Waals surface area contributed by atoms with Crippen molar-refractivity contribution in [3.8, 4) is 0 Å². The van der Waals surface area contributed by atoms with E-state index in [0.29, 0.717) is 37.6 Å². The summed E-state index contributed by atoms with van der Waals surface area (Å²) in [6.45, 7) is 6.17. The van der Waals surface area contributed by atoms with E-state index in [4.69, 9.17) is 10.5 Å². The number of nitrogen functional groups attached to an aromatic ring is 1. The van der Waals surface area contributed by atoms with Gasteiger partial charge in [0.1, 0.15) is 5.69 Å². The summed E-state index contributed by atoms with van der Waals surface area (Å²) >= 11 is 0. The Balaban J connectivity index is 2.89. The fourth-order valence-electron chi connectivity index (χ4n) is 1.63. The molecule has 96 valence electrons. The molecule has 6 heteroatoms. The molecule has 0 bridgehead atoms. The lowest BCUT2D eigenvalue weighted by molar-refractivity contribution is 0.0695. The van der Waals surface area contributed by atoms with Crippen LogP contribution >= 0.6 is 0 Å². The molecule has 1 rings (SSSR count). The third kappa shape index (κ3) is 2.97. The minimum Gasteiger partial charge on any atom is -0.396 e. The molecule has 0 saturated heterocycles. The van der Waals surface area contributed by atoms with E-state index in [0.717, 1.165) is 0 Å². The number of methoxy groups -OCH3 is 1. The Hall–Kier alpha value is -1.56. The van der Waals surface area contributed by atoms with Gasteiger partial charge in [-0.05, 0) is 13.8 Å². The Morgan fingerprint density at radius 2 is 2.29 bits per heavy atom. The minimum absolute atomic E-state index is 0.0959. The number of anilines is 1. The summed E-state index contributed by atoms with van der Waals surface area (Å²) in [4.78, 5) is 14.0. The average molecular weight is 240 g/mol. The van der Waals surface area contributed by atoms with Crippen molar-refractivity contribution in [3.05, 3.63) is 11.9 Å². The molecule has 0 radical (unpaired) electrons. The van der Waals surface area contributed by atoms with Gasteiger partial charge >= 0.3 is 0 Å². The Morgan fingerprint density at radius 3 is 2.82 bits per heavy atom. The second-order valence-corrected chi connectivity index (χ2v) is 3.64. The first kappa shape index (κ1) is 13.5. The van der Waals surface area contributed by atoms with Crippen LogP contribution in [0.2, 0.25) is 0 Å². The molecule has 2 N–H and O–H groups in total. The van der Waals surface area contributed by atoms with E-state index in [9.17, 15) is 4.79 Å². The quantitative estimate of drug-likeness (QED) is 0.790. The molecule has 1 heterocycles. The molecule has 0 unspecified atom stereocenters. The second kappa shape index (κ2) is 6.24. The van der Waals surface area contributed by atoms with Crippen LogP contribution in [0.15, 0.2) is 6.20 Å². The van der Waals surface area contributed by atoms with Crippen molar-refractivity contribution in [2.75, 3.05) is 32.5 Å². The van der Waals surface area contributed by atoms with Gasteiger partial charge in [0, 0.05) is 26.7 Å². The number of carbonyl (C=O) groups is 1. The van der Waals surface area contributed by atoms with Crippen LogP contribution in [0.3, 0.4) is 0 Å². The monoisotopic (exact) mass is 240 g/mol. The molecular weight excluding hydrogens is 220 g/mol. The van der Waals surface area contributed by atoms with Crippen LogP contribution in [-0.4, -0.2) is 47.4 Å². The molecule has 0 aromatic carbocycles. The van der Waals surface area contributed by atoms with Crippen molar-refractivity contribution in [1.82, 2.24) is 14.7 Å². The van der Waals surface area contributed by atoms with Crippen LogP contribution in [0.1, 0.15) is 24.3 Å². The fraction of sp³-hybridized carbons (Fsp3) is 0.636. The summed E-state index contributed by atoms with van der Waals surface area (Å²) in [6.07, 6.45) is 1.51. The molecule has 0 spiro atoms. The number of amides is 1. The summed E-state index contributed by atoms with van der Waals surface area (Å²) in [5.74, 6) is -0.0959. The van der Waals surface area contributed by atoms with Gasteiger partial charge < -0.3 is 15.4 Å². The van der Waals surface area contributed by atoms with E-state index in [1.54, 1.807) is 16.7 Å². The van der Waals surface area contributed by atoms with Crippen LogP contribution < -0.4 is 5.73 Å². The summed E-state index contributed by atoms with van der Waals surface area (Å²) in [7, 11) is 1.61. The topological polar surface area (TPSA) is 73.4 Å². The van der Waals surface area contributed by atoms with Crippen LogP contribution in [0, 0.1) is 0 Å². The zero-order chi connectivity index (χ0) is 12.8. The number of likely N-dealkylation sites (N-methyl/N-ethyl adjacent to an activating group) is 1. The first-order valence-electron chi connectivity index (χ1n) is 5.75. The highest BCUT2D eigenvalue weighted by Gasteiger charge is 2.21. The Labute approximate surface area is 101 Å². The van der Waals surface area contributed by atoms with Gasteiger partial charge in [-0.2, -0.15) is 5.10 Å². The highest BCUT2D eigenvalue weighted by atomic mass is 16.5. The average Bonchev–Trinajstić information content (AvgIpc) is 2.71. The van der Waals surface area contributed by atoms with Gasteiger partial charge in [-0.25, -0.2) is 0 Å². The van der Waals surface area contributed by atoms with Gasteiger partial charge in [0.2, 0.25) is 0 Å². The number of aryl methyl sites for hydroxylation is 1. The molecule has 1 aromatic rings. The molecule has 0 saturated carbocycles. The maximum atomic E-state index is 12.3. The van der Waals surface area contributed by atoms with Crippen molar-refractivity contribution in [2.45, 2.75) is 20.4 Å². The highest BCUT2D eigenvalue weighted by Crippen LogP contribution is 2.13. The fourth-order valence-corrected chi connectivity index (χ4v) is 1.63. The van der Waals surface area contributed by atoms with Gasteiger partial charge in [0.25, 0.3) is 5.91 Å². The predicted octanol–water partition coefficient (Wildman–Crippen LogP) is 0.594. The number of rotatable bonds is 6.